The zero-order valence-corrected chi connectivity index (χ0v) is 8.78. The van der Waals surface area contributed by atoms with Crippen LogP contribution in [0, 0.1) is 5.92 Å². The third kappa shape index (κ3) is 3.27. The van der Waals surface area contributed by atoms with Crippen LogP contribution in [0.15, 0.2) is 0 Å². The quantitative estimate of drug-likeness (QED) is 0.676. The van der Waals surface area contributed by atoms with Crippen molar-refractivity contribution >= 4 is 5.97 Å². The van der Waals surface area contributed by atoms with E-state index in [1.54, 1.807) is 14.0 Å². The van der Waals surface area contributed by atoms with Crippen molar-refractivity contribution in [2.75, 3.05) is 20.3 Å². The van der Waals surface area contributed by atoms with Crippen LogP contribution in [0.2, 0.25) is 0 Å². The van der Waals surface area contributed by atoms with E-state index in [-0.39, 0.29) is 0 Å². The summed E-state index contributed by atoms with van der Waals surface area (Å²) in [5.74, 6) is -0.327. The molecule has 0 spiro atoms. The van der Waals surface area contributed by atoms with Crippen LogP contribution in [0.3, 0.4) is 0 Å². The van der Waals surface area contributed by atoms with Gasteiger partial charge in [0.1, 0.15) is 0 Å². The van der Waals surface area contributed by atoms with Crippen molar-refractivity contribution in [1.82, 2.24) is 0 Å². The van der Waals surface area contributed by atoms with Crippen LogP contribution >= 0.6 is 0 Å². The lowest BCUT2D eigenvalue weighted by Crippen LogP contribution is -2.40. The molecule has 0 amide bonds. The van der Waals surface area contributed by atoms with Gasteiger partial charge in [-0.1, -0.05) is 0 Å². The van der Waals surface area contributed by atoms with Crippen molar-refractivity contribution in [1.29, 1.82) is 0 Å². The third-order valence-corrected chi connectivity index (χ3v) is 2.57. The van der Waals surface area contributed by atoms with Gasteiger partial charge in [-0.3, -0.25) is 0 Å². The van der Waals surface area contributed by atoms with Gasteiger partial charge in [0.15, 0.2) is 5.60 Å². The van der Waals surface area contributed by atoms with E-state index in [9.17, 15) is 4.79 Å². The van der Waals surface area contributed by atoms with Gasteiger partial charge >= 0.3 is 5.97 Å². The summed E-state index contributed by atoms with van der Waals surface area (Å²) in [5, 5.41) is 9.01. The maximum absolute atomic E-state index is 11.0. The molecule has 0 aromatic heterocycles. The molecule has 1 unspecified atom stereocenters. The number of methoxy groups -OCH3 is 1. The summed E-state index contributed by atoms with van der Waals surface area (Å²) in [6, 6.07) is 0. The summed E-state index contributed by atoms with van der Waals surface area (Å²) in [6.45, 7) is 2.58. The van der Waals surface area contributed by atoms with Crippen LogP contribution in [0.5, 0.6) is 0 Å². The average molecular weight is 202 g/mol. The minimum Gasteiger partial charge on any atom is -0.479 e. The standard InChI is InChI=1S/C10H18O4/c1-10(9(11)12,5-6-13-2)14-7-8-3-4-8/h8H,3-7H2,1-2H3,(H,11,12). The molecule has 0 aromatic carbocycles. The van der Waals surface area contributed by atoms with Crippen LogP contribution in [-0.4, -0.2) is 37.0 Å². The predicted molar refractivity (Wildman–Crippen MR) is 51.2 cm³/mol. The summed E-state index contributed by atoms with van der Waals surface area (Å²) >= 11 is 0. The zero-order chi connectivity index (χ0) is 10.6. The number of hydrogen-bond acceptors (Lipinski definition) is 3. The molecule has 1 N–H and O–H groups in total. The van der Waals surface area contributed by atoms with Gasteiger partial charge in [0, 0.05) is 20.1 Å². The lowest BCUT2D eigenvalue weighted by atomic mass is 10.0. The number of carboxylic acid groups (broad SMARTS) is 1. The van der Waals surface area contributed by atoms with Gasteiger partial charge in [-0.05, 0) is 25.7 Å². The van der Waals surface area contributed by atoms with Gasteiger partial charge in [-0.2, -0.15) is 0 Å². The molecule has 1 saturated carbocycles. The van der Waals surface area contributed by atoms with Crippen molar-refractivity contribution in [3.05, 3.63) is 0 Å². The molecule has 0 saturated heterocycles. The lowest BCUT2D eigenvalue weighted by Gasteiger charge is -2.24. The Hall–Kier alpha value is -0.610. The molecule has 1 aliphatic rings. The predicted octanol–water partition coefficient (Wildman–Crippen LogP) is 1.29. The van der Waals surface area contributed by atoms with Crippen LogP contribution in [0.1, 0.15) is 26.2 Å². The van der Waals surface area contributed by atoms with Crippen LogP contribution < -0.4 is 0 Å². The summed E-state index contributed by atoms with van der Waals surface area (Å²) in [5.41, 5.74) is -1.08. The number of aliphatic carboxylic acids is 1. The summed E-state index contributed by atoms with van der Waals surface area (Å²) in [6.07, 6.45) is 2.73. The van der Waals surface area contributed by atoms with E-state index < -0.39 is 11.6 Å². The molecule has 0 radical (unpaired) electrons. The fourth-order valence-corrected chi connectivity index (χ4v) is 1.12. The second kappa shape index (κ2) is 4.75. The van der Waals surface area contributed by atoms with Gasteiger partial charge in [0.05, 0.1) is 6.61 Å². The van der Waals surface area contributed by atoms with E-state index in [0.717, 1.165) is 0 Å². The highest BCUT2D eigenvalue weighted by Gasteiger charge is 2.36. The highest BCUT2D eigenvalue weighted by molar-refractivity contribution is 5.76. The fourth-order valence-electron chi connectivity index (χ4n) is 1.12. The smallest absolute Gasteiger partial charge is 0.335 e. The Labute approximate surface area is 84.2 Å². The van der Waals surface area contributed by atoms with Gasteiger partial charge < -0.3 is 14.6 Å². The topological polar surface area (TPSA) is 55.8 Å². The summed E-state index contributed by atoms with van der Waals surface area (Å²) < 4.78 is 10.3. The number of carbonyl (C=O) groups is 1. The van der Waals surface area contributed by atoms with Crippen molar-refractivity contribution < 1.29 is 19.4 Å². The average Bonchev–Trinajstić information content (AvgIpc) is 2.94. The number of rotatable bonds is 7. The van der Waals surface area contributed by atoms with E-state index in [1.807, 2.05) is 0 Å². The number of hydrogen-bond donors (Lipinski definition) is 1. The second-order valence-electron chi connectivity index (χ2n) is 4.03. The maximum atomic E-state index is 11.0. The highest BCUT2D eigenvalue weighted by Crippen LogP contribution is 2.31. The van der Waals surface area contributed by atoms with E-state index >= 15 is 0 Å². The Morgan fingerprint density at radius 1 is 1.57 bits per heavy atom. The van der Waals surface area contributed by atoms with Crippen LogP contribution in [0.4, 0.5) is 0 Å². The molecule has 1 atom stereocenters. The van der Waals surface area contributed by atoms with Crippen molar-refractivity contribution in [2.24, 2.45) is 5.92 Å². The molecule has 4 nitrogen and oxygen atoms in total. The lowest BCUT2D eigenvalue weighted by molar-refractivity contribution is -0.166. The maximum Gasteiger partial charge on any atom is 0.335 e. The first-order valence-electron chi connectivity index (χ1n) is 4.95. The molecule has 0 heterocycles. The molecule has 82 valence electrons. The third-order valence-electron chi connectivity index (χ3n) is 2.57. The second-order valence-corrected chi connectivity index (χ2v) is 4.03. The molecule has 1 aliphatic carbocycles. The number of carboxylic acids is 1. The van der Waals surface area contributed by atoms with E-state index in [2.05, 4.69) is 0 Å². The van der Waals surface area contributed by atoms with Gasteiger partial charge in [0.2, 0.25) is 0 Å². The minimum absolute atomic E-state index is 0.394. The molecule has 14 heavy (non-hydrogen) atoms. The SMILES string of the molecule is COCCC(C)(OCC1CC1)C(=O)O. The van der Waals surface area contributed by atoms with Gasteiger partial charge in [0.25, 0.3) is 0 Å². The summed E-state index contributed by atoms with van der Waals surface area (Å²) in [4.78, 5) is 11.0. The van der Waals surface area contributed by atoms with E-state index in [4.69, 9.17) is 14.6 Å². The van der Waals surface area contributed by atoms with Gasteiger partial charge in [-0.25, -0.2) is 4.79 Å². The highest BCUT2D eigenvalue weighted by atomic mass is 16.5. The Kier molecular flexibility index (Phi) is 3.89. The van der Waals surface area contributed by atoms with E-state index in [1.165, 1.54) is 12.8 Å². The molecule has 0 bridgehead atoms. The first kappa shape index (κ1) is 11.5. The Morgan fingerprint density at radius 3 is 2.64 bits per heavy atom. The molecular formula is C10H18O4. The van der Waals surface area contributed by atoms with Crippen molar-refractivity contribution in [2.45, 2.75) is 31.8 Å². The number of ether oxygens (including phenoxy) is 2. The molecule has 0 aromatic rings. The largest absolute Gasteiger partial charge is 0.479 e. The Balaban J connectivity index is 2.37. The summed E-state index contributed by atoms with van der Waals surface area (Å²) in [7, 11) is 1.56. The molecule has 1 fully saturated rings. The first-order valence-corrected chi connectivity index (χ1v) is 4.95. The molecular weight excluding hydrogens is 184 g/mol. The van der Waals surface area contributed by atoms with Gasteiger partial charge in [-0.15, -0.1) is 0 Å². The zero-order valence-electron chi connectivity index (χ0n) is 8.78. The fraction of sp³-hybridized carbons (Fsp3) is 0.900. The van der Waals surface area contributed by atoms with Crippen LogP contribution in [0.25, 0.3) is 0 Å². The molecule has 4 heteroatoms. The Morgan fingerprint density at radius 2 is 2.21 bits per heavy atom. The molecule has 0 aliphatic heterocycles. The minimum atomic E-state index is -1.08. The first-order chi connectivity index (χ1) is 6.58. The van der Waals surface area contributed by atoms with E-state index in [0.29, 0.717) is 25.6 Å². The Bertz CT molecular complexity index is 200. The van der Waals surface area contributed by atoms with Crippen LogP contribution in [-0.2, 0) is 14.3 Å². The van der Waals surface area contributed by atoms with Crippen molar-refractivity contribution in [3.63, 3.8) is 0 Å². The normalized spacial score (nSPS) is 20.4. The molecule has 1 rings (SSSR count). The van der Waals surface area contributed by atoms with Crippen molar-refractivity contribution in [3.8, 4) is 0 Å². The monoisotopic (exact) mass is 202 g/mol.